The van der Waals surface area contributed by atoms with Gasteiger partial charge in [0.2, 0.25) is 5.91 Å². The van der Waals surface area contributed by atoms with Crippen molar-refractivity contribution in [3.63, 3.8) is 0 Å². The molecule has 1 aliphatic rings. The molecule has 1 aliphatic heterocycles. The van der Waals surface area contributed by atoms with Crippen LogP contribution in [0.25, 0.3) is 5.65 Å². The highest BCUT2D eigenvalue weighted by molar-refractivity contribution is 7.97. The number of piperazine rings is 1. The number of rotatable bonds is 4. The van der Waals surface area contributed by atoms with Crippen LogP contribution in [0.4, 0.5) is 10.2 Å². The zero-order valence-electron chi connectivity index (χ0n) is 14.5. The van der Waals surface area contributed by atoms with Crippen LogP contribution in [0.15, 0.2) is 41.6 Å². The first kappa shape index (κ1) is 17.7. The summed E-state index contributed by atoms with van der Waals surface area (Å²) in [6, 6.07) is 8.39. The number of nitrogens with two attached hydrogens (primary N) is 1. The minimum Gasteiger partial charge on any atom is -0.352 e. The maximum atomic E-state index is 13.5. The molecule has 1 amide bonds. The molecule has 1 aromatic carbocycles. The van der Waals surface area contributed by atoms with Crippen molar-refractivity contribution < 1.29 is 9.18 Å². The van der Waals surface area contributed by atoms with Gasteiger partial charge in [-0.05, 0) is 41.8 Å². The second-order valence-electron chi connectivity index (χ2n) is 6.25. The van der Waals surface area contributed by atoms with Crippen molar-refractivity contribution in [2.45, 2.75) is 11.3 Å². The van der Waals surface area contributed by atoms with Gasteiger partial charge >= 0.3 is 0 Å². The Morgan fingerprint density at radius 1 is 1.19 bits per heavy atom. The van der Waals surface area contributed by atoms with E-state index in [-0.39, 0.29) is 18.1 Å². The number of halogens is 1. The highest BCUT2D eigenvalue weighted by Crippen LogP contribution is 2.20. The van der Waals surface area contributed by atoms with Gasteiger partial charge in [-0.3, -0.25) is 9.93 Å². The van der Waals surface area contributed by atoms with Crippen molar-refractivity contribution in [3.8, 4) is 0 Å². The van der Waals surface area contributed by atoms with Crippen molar-refractivity contribution in [2.75, 3.05) is 31.1 Å². The van der Waals surface area contributed by atoms with E-state index in [0.717, 1.165) is 23.3 Å². The van der Waals surface area contributed by atoms with E-state index in [1.54, 1.807) is 23.0 Å². The molecule has 140 valence electrons. The van der Waals surface area contributed by atoms with E-state index in [1.165, 1.54) is 6.07 Å². The number of amides is 1. The zero-order valence-corrected chi connectivity index (χ0v) is 15.3. The molecular weight excluding hydrogens is 369 g/mol. The van der Waals surface area contributed by atoms with Crippen molar-refractivity contribution in [2.24, 2.45) is 5.14 Å². The first-order chi connectivity index (χ1) is 13.1. The Morgan fingerprint density at radius 3 is 2.78 bits per heavy atom. The SMILES string of the molecule is NSc1cc(CC(=O)N2CCN(c3ccc4nncn4n3)CC2)ccc1F. The predicted octanol–water partition coefficient (Wildman–Crippen LogP) is 1.12. The van der Waals surface area contributed by atoms with Crippen molar-refractivity contribution >= 4 is 29.3 Å². The smallest absolute Gasteiger partial charge is 0.227 e. The summed E-state index contributed by atoms with van der Waals surface area (Å²) in [5, 5.41) is 17.7. The molecule has 1 fully saturated rings. The molecule has 4 rings (SSSR count). The van der Waals surface area contributed by atoms with Crippen LogP contribution >= 0.6 is 11.9 Å². The summed E-state index contributed by atoms with van der Waals surface area (Å²) in [5.41, 5.74) is 1.46. The summed E-state index contributed by atoms with van der Waals surface area (Å²) in [6.07, 6.45) is 1.80. The monoisotopic (exact) mass is 387 g/mol. The molecule has 2 N–H and O–H groups in total. The molecule has 27 heavy (non-hydrogen) atoms. The third-order valence-corrected chi connectivity index (χ3v) is 5.15. The van der Waals surface area contributed by atoms with Gasteiger partial charge in [0.25, 0.3) is 0 Å². The predicted molar refractivity (Wildman–Crippen MR) is 99.7 cm³/mol. The standard InChI is InChI=1S/C17H18FN7OS/c18-13-2-1-12(9-14(13)27-19)10-17(26)24-7-5-23(6-8-24)16-4-3-15-21-20-11-25(15)22-16/h1-4,9,11H,5-8,10,19H2. The first-order valence-electron chi connectivity index (χ1n) is 8.49. The lowest BCUT2D eigenvalue weighted by molar-refractivity contribution is -0.130. The molecule has 2 aromatic heterocycles. The van der Waals surface area contributed by atoms with Gasteiger partial charge < -0.3 is 9.80 Å². The molecule has 0 aliphatic carbocycles. The minimum absolute atomic E-state index is 0.0245. The quantitative estimate of drug-likeness (QED) is 0.671. The second kappa shape index (κ2) is 7.49. The number of hydrogen-bond acceptors (Lipinski definition) is 7. The van der Waals surface area contributed by atoms with E-state index < -0.39 is 0 Å². The topological polar surface area (TPSA) is 92.7 Å². The summed E-state index contributed by atoms with van der Waals surface area (Å²) in [6.45, 7) is 2.61. The minimum atomic E-state index is -0.370. The van der Waals surface area contributed by atoms with E-state index in [4.69, 9.17) is 5.14 Å². The van der Waals surface area contributed by atoms with Crippen LogP contribution in [-0.2, 0) is 11.2 Å². The van der Waals surface area contributed by atoms with Gasteiger partial charge in [-0.1, -0.05) is 6.07 Å². The molecule has 8 nitrogen and oxygen atoms in total. The highest BCUT2D eigenvalue weighted by atomic mass is 32.2. The van der Waals surface area contributed by atoms with Gasteiger partial charge in [-0.25, -0.2) is 4.39 Å². The van der Waals surface area contributed by atoms with Crippen molar-refractivity contribution in [3.05, 3.63) is 48.0 Å². The van der Waals surface area contributed by atoms with Crippen LogP contribution in [0, 0.1) is 5.82 Å². The Hall–Kier alpha value is -2.72. The van der Waals surface area contributed by atoms with Crippen LogP contribution in [0.5, 0.6) is 0 Å². The van der Waals surface area contributed by atoms with Crippen molar-refractivity contribution in [1.29, 1.82) is 0 Å². The number of carbonyl (C=O) groups is 1. The maximum Gasteiger partial charge on any atom is 0.227 e. The third kappa shape index (κ3) is 3.71. The molecule has 0 radical (unpaired) electrons. The van der Waals surface area contributed by atoms with E-state index in [0.29, 0.717) is 36.7 Å². The molecule has 0 spiro atoms. The third-order valence-electron chi connectivity index (χ3n) is 4.58. The normalized spacial score (nSPS) is 14.7. The maximum absolute atomic E-state index is 13.5. The lowest BCUT2D eigenvalue weighted by Crippen LogP contribution is -2.49. The molecule has 10 heteroatoms. The Morgan fingerprint density at radius 2 is 2.00 bits per heavy atom. The number of carbonyl (C=O) groups excluding carboxylic acids is 1. The highest BCUT2D eigenvalue weighted by Gasteiger charge is 2.22. The summed E-state index contributed by atoms with van der Waals surface area (Å²) in [7, 11) is 0. The Kier molecular flexibility index (Phi) is 4.90. The van der Waals surface area contributed by atoms with Crippen LogP contribution < -0.4 is 10.0 Å². The Bertz CT molecular complexity index is 971. The molecule has 0 unspecified atom stereocenters. The van der Waals surface area contributed by atoms with Gasteiger partial charge in [0.05, 0.1) is 11.3 Å². The number of nitrogens with zero attached hydrogens (tertiary/aromatic N) is 6. The molecule has 3 heterocycles. The Balaban J connectivity index is 1.37. The first-order valence-corrected chi connectivity index (χ1v) is 9.37. The second-order valence-corrected chi connectivity index (χ2v) is 6.93. The number of aromatic nitrogens is 4. The Labute approximate surface area is 159 Å². The van der Waals surface area contributed by atoms with E-state index in [1.807, 2.05) is 17.0 Å². The van der Waals surface area contributed by atoms with Gasteiger partial charge in [-0.2, -0.15) is 4.52 Å². The molecule has 0 atom stereocenters. The van der Waals surface area contributed by atoms with Crippen LogP contribution in [-0.4, -0.2) is 56.8 Å². The fourth-order valence-corrected chi connectivity index (χ4v) is 3.51. The fraction of sp³-hybridized carbons (Fsp3) is 0.294. The van der Waals surface area contributed by atoms with Gasteiger partial charge in [-0.15, -0.1) is 15.3 Å². The number of fused-ring (bicyclic) bond motifs is 1. The lowest BCUT2D eigenvalue weighted by Gasteiger charge is -2.35. The molecular formula is C17H18FN7OS. The number of anilines is 1. The number of benzene rings is 1. The zero-order chi connectivity index (χ0) is 18.8. The van der Waals surface area contributed by atoms with E-state index >= 15 is 0 Å². The average molecular weight is 387 g/mol. The number of hydrogen-bond donors (Lipinski definition) is 1. The van der Waals surface area contributed by atoms with Gasteiger partial charge in [0.1, 0.15) is 18.0 Å². The average Bonchev–Trinajstić information content (AvgIpc) is 3.17. The van der Waals surface area contributed by atoms with E-state index in [9.17, 15) is 9.18 Å². The van der Waals surface area contributed by atoms with Crippen LogP contribution in [0.3, 0.4) is 0 Å². The lowest BCUT2D eigenvalue weighted by atomic mass is 10.1. The molecule has 0 saturated carbocycles. The van der Waals surface area contributed by atoms with Crippen molar-refractivity contribution in [1.82, 2.24) is 24.7 Å². The summed E-state index contributed by atoms with van der Waals surface area (Å²) in [4.78, 5) is 16.9. The summed E-state index contributed by atoms with van der Waals surface area (Å²) < 4.78 is 15.2. The molecule has 0 bridgehead atoms. The molecule has 3 aromatic rings. The largest absolute Gasteiger partial charge is 0.352 e. The summed E-state index contributed by atoms with van der Waals surface area (Å²) in [5.74, 6) is 0.485. The van der Waals surface area contributed by atoms with Crippen LogP contribution in [0.2, 0.25) is 0 Å². The van der Waals surface area contributed by atoms with Gasteiger partial charge in [0.15, 0.2) is 5.65 Å². The van der Waals surface area contributed by atoms with E-state index in [2.05, 4.69) is 20.2 Å². The summed E-state index contributed by atoms with van der Waals surface area (Å²) >= 11 is 0.847. The molecule has 1 saturated heterocycles. The van der Waals surface area contributed by atoms with Crippen LogP contribution in [0.1, 0.15) is 5.56 Å². The van der Waals surface area contributed by atoms with Gasteiger partial charge in [0, 0.05) is 26.2 Å². The fourth-order valence-electron chi connectivity index (χ4n) is 3.11.